The minimum absolute atomic E-state index is 0.0956. The molecular weight excluding hydrogens is 662 g/mol. The predicted molar refractivity (Wildman–Crippen MR) is 197 cm³/mol. The summed E-state index contributed by atoms with van der Waals surface area (Å²) in [5, 5.41) is 11.6. The van der Waals surface area contributed by atoms with E-state index in [0.29, 0.717) is 19.4 Å². The van der Waals surface area contributed by atoms with Gasteiger partial charge in [-0.15, -0.1) is 0 Å². The molecule has 1 saturated heterocycles. The van der Waals surface area contributed by atoms with Gasteiger partial charge in [-0.1, -0.05) is 79.6 Å². The van der Waals surface area contributed by atoms with E-state index in [1.807, 2.05) is 34.6 Å². The molecule has 4 rings (SSSR count). The van der Waals surface area contributed by atoms with Crippen molar-refractivity contribution >= 4 is 35.3 Å². The summed E-state index contributed by atoms with van der Waals surface area (Å²) in [5.41, 5.74) is -0.648. The number of carbonyl (C=O) groups is 6. The van der Waals surface area contributed by atoms with E-state index in [1.165, 1.54) is 18.6 Å². The topological polar surface area (TPSA) is 180 Å². The lowest BCUT2D eigenvalue weighted by atomic mass is 9.82. The first-order valence-electron chi connectivity index (χ1n) is 19.6. The van der Waals surface area contributed by atoms with Crippen molar-refractivity contribution in [3.63, 3.8) is 0 Å². The Bertz CT molecular complexity index is 1410. The highest BCUT2D eigenvalue weighted by Gasteiger charge is 2.52. The van der Waals surface area contributed by atoms with Gasteiger partial charge in [-0.05, 0) is 68.6 Å². The molecular formula is C39H61N7O6. The summed E-state index contributed by atoms with van der Waals surface area (Å²) < 4.78 is 0. The molecule has 2 saturated carbocycles. The number of ketones is 1. The number of amides is 5. The summed E-state index contributed by atoms with van der Waals surface area (Å²) in [7, 11) is 0. The lowest BCUT2D eigenvalue weighted by Crippen LogP contribution is -2.62. The Hall–Kier alpha value is -3.90. The van der Waals surface area contributed by atoms with Gasteiger partial charge in [0.15, 0.2) is 0 Å². The lowest BCUT2D eigenvalue weighted by Gasteiger charge is -2.38. The number of Topliss-reactive ketones (excluding diaryl/α,β-unsaturated/α-hetero) is 1. The van der Waals surface area contributed by atoms with Gasteiger partial charge >= 0.3 is 0 Å². The van der Waals surface area contributed by atoms with Crippen LogP contribution in [0.5, 0.6) is 0 Å². The van der Waals surface area contributed by atoms with Gasteiger partial charge in [0.1, 0.15) is 23.8 Å². The van der Waals surface area contributed by atoms with Gasteiger partial charge in [0.2, 0.25) is 23.5 Å². The second-order valence-electron chi connectivity index (χ2n) is 16.3. The van der Waals surface area contributed by atoms with Gasteiger partial charge in [0.05, 0.1) is 12.2 Å². The zero-order valence-electron chi connectivity index (χ0n) is 32.0. The van der Waals surface area contributed by atoms with E-state index in [9.17, 15) is 28.8 Å². The van der Waals surface area contributed by atoms with E-state index >= 15 is 0 Å². The number of carbonyl (C=O) groups excluding carboxylic acids is 6. The first kappa shape index (κ1) is 40.9. The Morgan fingerprint density at radius 1 is 0.865 bits per heavy atom. The van der Waals surface area contributed by atoms with Crippen LogP contribution in [0.4, 0.5) is 0 Å². The predicted octanol–water partition coefficient (Wildman–Crippen LogP) is 3.86. The van der Waals surface area contributed by atoms with E-state index in [4.69, 9.17) is 0 Å². The van der Waals surface area contributed by atoms with Crippen molar-refractivity contribution in [2.75, 3.05) is 6.54 Å². The van der Waals surface area contributed by atoms with Crippen LogP contribution in [0.1, 0.15) is 136 Å². The van der Waals surface area contributed by atoms with Crippen molar-refractivity contribution < 1.29 is 28.8 Å². The van der Waals surface area contributed by atoms with E-state index in [1.54, 1.807) is 4.90 Å². The van der Waals surface area contributed by atoms with Crippen LogP contribution in [-0.2, 0) is 24.0 Å². The number of rotatable bonds is 16. The molecule has 0 bridgehead atoms. The Labute approximate surface area is 309 Å². The highest BCUT2D eigenvalue weighted by atomic mass is 16.2. The monoisotopic (exact) mass is 723 g/mol. The zero-order valence-corrected chi connectivity index (χ0v) is 32.0. The second-order valence-corrected chi connectivity index (χ2v) is 16.3. The fourth-order valence-corrected chi connectivity index (χ4v) is 8.26. The van der Waals surface area contributed by atoms with Gasteiger partial charge in [0, 0.05) is 25.0 Å². The van der Waals surface area contributed by atoms with E-state index in [-0.39, 0.29) is 35.4 Å². The number of fused-ring (bicyclic) bond motifs is 1. The van der Waals surface area contributed by atoms with Crippen molar-refractivity contribution in [1.82, 2.24) is 36.1 Å². The van der Waals surface area contributed by atoms with Gasteiger partial charge < -0.3 is 26.2 Å². The van der Waals surface area contributed by atoms with Crippen LogP contribution in [0.2, 0.25) is 0 Å². The number of hydrogen-bond acceptors (Lipinski definition) is 8. The third kappa shape index (κ3) is 10.4. The van der Waals surface area contributed by atoms with Crippen LogP contribution < -0.4 is 21.3 Å². The molecule has 2 aliphatic carbocycles. The summed E-state index contributed by atoms with van der Waals surface area (Å²) in [4.78, 5) is 92.3. The third-order valence-electron chi connectivity index (χ3n) is 11.1. The molecule has 3 aliphatic rings. The van der Waals surface area contributed by atoms with Crippen molar-refractivity contribution in [2.45, 2.75) is 155 Å². The third-order valence-corrected chi connectivity index (χ3v) is 11.1. The molecule has 13 nitrogen and oxygen atoms in total. The first-order valence-corrected chi connectivity index (χ1v) is 19.6. The van der Waals surface area contributed by atoms with Gasteiger partial charge in [0.25, 0.3) is 11.8 Å². The molecule has 3 fully saturated rings. The fourth-order valence-electron chi connectivity index (χ4n) is 8.26. The highest BCUT2D eigenvalue weighted by molar-refractivity contribution is 6.38. The average Bonchev–Trinajstić information content (AvgIpc) is 3.73. The molecule has 52 heavy (non-hydrogen) atoms. The van der Waals surface area contributed by atoms with Crippen LogP contribution in [0.3, 0.4) is 0 Å². The lowest BCUT2D eigenvalue weighted by molar-refractivity contribution is -0.146. The SMILES string of the molecule is CCCC[C@H](C)NC(=O)C(=O)C(CCC)NC(=O)[C@@H]1C2CCCC2CN1C(=O)[C@@H](NC(=O)[C@@H](NC(=O)c1cnccn1)C1CCCCC1)C(C)(C)C. The van der Waals surface area contributed by atoms with Crippen LogP contribution >= 0.6 is 0 Å². The van der Waals surface area contributed by atoms with Crippen molar-refractivity contribution in [3.8, 4) is 0 Å². The quantitative estimate of drug-likeness (QED) is 0.186. The number of aromatic nitrogens is 2. The van der Waals surface area contributed by atoms with Crippen LogP contribution in [0.25, 0.3) is 0 Å². The number of nitrogens with one attached hydrogen (secondary N) is 4. The molecule has 5 amide bonds. The number of unbranched alkanes of at least 4 members (excludes halogenated alkanes) is 1. The summed E-state index contributed by atoms with van der Waals surface area (Å²) in [5.74, 6) is -3.29. The number of hydrogen-bond donors (Lipinski definition) is 4. The second kappa shape index (κ2) is 18.7. The molecule has 13 heteroatoms. The summed E-state index contributed by atoms with van der Waals surface area (Å²) in [6.07, 6.45) is 14.8. The molecule has 2 heterocycles. The van der Waals surface area contributed by atoms with E-state index < -0.39 is 59.0 Å². The Kier molecular flexibility index (Phi) is 14.7. The normalized spacial score (nSPS) is 22.7. The number of likely N-dealkylation sites (tertiary alicyclic amines) is 1. The molecule has 1 aliphatic heterocycles. The average molecular weight is 724 g/mol. The highest BCUT2D eigenvalue weighted by Crippen LogP contribution is 2.43. The molecule has 4 N–H and O–H groups in total. The maximum Gasteiger partial charge on any atom is 0.289 e. The molecule has 1 aromatic heterocycles. The van der Waals surface area contributed by atoms with Crippen LogP contribution in [0.15, 0.2) is 18.6 Å². The fraction of sp³-hybridized carbons (Fsp3) is 0.744. The zero-order chi connectivity index (χ0) is 38.0. The minimum atomic E-state index is -1.01. The summed E-state index contributed by atoms with van der Waals surface area (Å²) in [6, 6.07) is -3.91. The van der Waals surface area contributed by atoms with Crippen LogP contribution in [0, 0.1) is 23.2 Å². The molecule has 3 unspecified atom stereocenters. The molecule has 0 radical (unpaired) electrons. The molecule has 0 spiro atoms. The standard InChI is InChI=1S/C39H61N7O6/c1-7-9-15-24(3)42-37(51)32(47)28(14-8-2)43-36(50)31-27-19-13-18-26(27)23-46(31)38(52)33(39(4,5)6)45-35(49)30(25-16-11-10-12-17-25)44-34(48)29-22-40-20-21-41-29/h20-22,24-28,30-31,33H,7-19,23H2,1-6H3,(H,42,51)(H,43,50)(H,44,48)(H,45,49)/t24-,26?,27?,28?,30-,31-,33+/m0/s1. The molecule has 288 valence electrons. The van der Waals surface area contributed by atoms with E-state index in [2.05, 4.69) is 38.2 Å². The molecule has 1 aromatic rings. The van der Waals surface area contributed by atoms with Gasteiger partial charge in [-0.2, -0.15) is 0 Å². The maximum absolute atomic E-state index is 14.7. The molecule has 7 atom stereocenters. The Morgan fingerprint density at radius 2 is 1.60 bits per heavy atom. The van der Waals surface area contributed by atoms with Crippen molar-refractivity contribution in [3.05, 3.63) is 24.3 Å². The van der Waals surface area contributed by atoms with Gasteiger partial charge in [-0.25, -0.2) is 4.98 Å². The number of nitrogens with zero attached hydrogens (tertiary/aromatic N) is 3. The Morgan fingerprint density at radius 3 is 2.23 bits per heavy atom. The smallest absolute Gasteiger partial charge is 0.289 e. The van der Waals surface area contributed by atoms with Crippen LogP contribution in [-0.4, -0.2) is 86.9 Å². The molecule has 0 aromatic carbocycles. The van der Waals surface area contributed by atoms with Crippen molar-refractivity contribution in [2.24, 2.45) is 23.2 Å². The first-order chi connectivity index (χ1) is 24.8. The van der Waals surface area contributed by atoms with E-state index in [0.717, 1.165) is 70.6 Å². The summed E-state index contributed by atoms with van der Waals surface area (Å²) >= 11 is 0. The maximum atomic E-state index is 14.7. The minimum Gasteiger partial charge on any atom is -0.347 e. The Balaban J connectivity index is 1.55. The summed E-state index contributed by atoms with van der Waals surface area (Å²) in [6.45, 7) is 11.8. The largest absolute Gasteiger partial charge is 0.347 e. The van der Waals surface area contributed by atoms with Gasteiger partial charge in [-0.3, -0.25) is 33.8 Å². The van der Waals surface area contributed by atoms with Crippen molar-refractivity contribution in [1.29, 1.82) is 0 Å².